The minimum Gasteiger partial charge on any atom is -0.444 e. The predicted molar refractivity (Wildman–Crippen MR) is 93.8 cm³/mol. The Kier molecular flexibility index (Phi) is 4.07. The molecule has 2 N–H and O–H groups in total. The SMILES string of the molecule is CC(C)(C)OC(=O)N1CCC1Cn1nc(I)c2c(N)ncnc21. The van der Waals surface area contributed by atoms with Gasteiger partial charge in [-0.1, -0.05) is 0 Å². The maximum absolute atomic E-state index is 12.2. The van der Waals surface area contributed by atoms with E-state index in [-0.39, 0.29) is 12.1 Å². The summed E-state index contributed by atoms with van der Waals surface area (Å²) in [6, 6.07) is 0.0555. The Labute approximate surface area is 147 Å². The summed E-state index contributed by atoms with van der Waals surface area (Å²) in [6.07, 6.45) is 2.06. The summed E-state index contributed by atoms with van der Waals surface area (Å²) >= 11 is 2.12. The van der Waals surface area contributed by atoms with E-state index >= 15 is 0 Å². The van der Waals surface area contributed by atoms with Crippen LogP contribution in [0.5, 0.6) is 0 Å². The Morgan fingerprint density at radius 1 is 1.48 bits per heavy atom. The van der Waals surface area contributed by atoms with E-state index in [0.29, 0.717) is 24.6 Å². The molecule has 3 rings (SSSR count). The number of nitrogens with zero attached hydrogens (tertiary/aromatic N) is 5. The first-order valence-electron chi connectivity index (χ1n) is 7.38. The van der Waals surface area contributed by atoms with Gasteiger partial charge in [0, 0.05) is 6.54 Å². The summed E-state index contributed by atoms with van der Waals surface area (Å²) in [5.41, 5.74) is 6.10. The summed E-state index contributed by atoms with van der Waals surface area (Å²) in [5, 5.41) is 5.24. The first-order chi connectivity index (χ1) is 10.8. The van der Waals surface area contributed by atoms with Crippen molar-refractivity contribution >= 4 is 45.5 Å². The molecule has 1 atom stereocenters. The normalized spacial score (nSPS) is 18.1. The van der Waals surface area contributed by atoms with E-state index in [9.17, 15) is 4.79 Å². The lowest BCUT2D eigenvalue weighted by atomic mass is 10.0. The van der Waals surface area contributed by atoms with Crippen LogP contribution in [0.3, 0.4) is 0 Å². The van der Waals surface area contributed by atoms with Crippen molar-refractivity contribution in [2.24, 2.45) is 0 Å². The topological polar surface area (TPSA) is 99.2 Å². The Balaban J connectivity index is 1.78. The molecule has 2 aromatic heterocycles. The van der Waals surface area contributed by atoms with Gasteiger partial charge in [0.05, 0.1) is 18.0 Å². The number of amides is 1. The molecule has 0 spiro atoms. The smallest absolute Gasteiger partial charge is 0.410 e. The van der Waals surface area contributed by atoms with Gasteiger partial charge in [-0.15, -0.1) is 0 Å². The second-order valence-electron chi connectivity index (χ2n) is 6.55. The molecule has 1 unspecified atom stereocenters. The fourth-order valence-corrected chi connectivity index (χ4v) is 3.28. The van der Waals surface area contributed by atoms with Crippen LogP contribution < -0.4 is 5.73 Å². The Morgan fingerprint density at radius 2 is 2.22 bits per heavy atom. The van der Waals surface area contributed by atoms with Gasteiger partial charge in [0.1, 0.15) is 21.4 Å². The molecule has 2 aromatic rings. The van der Waals surface area contributed by atoms with Crippen LogP contribution in [0.25, 0.3) is 11.0 Å². The summed E-state index contributed by atoms with van der Waals surface area (Å²) in [4.78, 5) is 22.2. The van der Waals surface area contributed by atoms with E-state index in [2.05, 4.69) is 37.7 Å². The van der Waals surface area contributed by atoms with Crippen molar-refractivity contribution in [3.05, 3.63) is 10.0 Å². The molecule has 1 aliphatic rings. The highest BCUT2D eigenvalue weighted by Crippen LogP contribution is 2.26. The quantitative estimate of drug-likeness (QED) is 0.733. The molecule has 1 fully saturated rings. The van der Waals surface area contributed by atoms with Crippen LogP contribution in [-0.2, 0) is 11.3 Å². The average Bonchev–Trinajstić information content (AvgIpc) is 2.70. The number of fused-ring (bicyclic) bond motifs is 1. The van der Waals surface area contributed by atoms with Gasteiger partial charge in [0.15, 0.2) is 5.65 Å². The molecule has 0 aromatic carbocycles. The predicted octanol–water partition coefficient (Wildman–Crippen LogP) is 2.02. The van der Waals surface area contributed by atoms with Gasteiger partial charge >= 0.3 is 6.09 Å². The number of hydrogen-bond acceptors (Lipinski definition) is 6. The van der Waals surface area contributed by atoms with Crippen molar-refractivity contribution in [2.45, 2.75) is 45.4 Å². The second-order valence-corrected chi connectivity index (χ2v) is 7.57. The minimum atomic E-state index is -0.493. The molecule has 0 bridgehead atoms. The molecule has 1 aliphatic heterocycles. The number of nitrogens with two attached hydrogens (primary N) is 1. The Bertz CT molecular complexity index is 754. The number of anilines is 1. The summed E-state index contributed by atoms with van der Waals surface area (Å²) < 4.78 is 7.98. The number of aromatic nitrogens is 4. The lowest BCUT2D eigenvalue weighted by molar-refractivity contribution is -0.00866. The van der Waals surface area contributed by atoms with Crippen LogP contribution in [0, 0.1) is 3.70 Å². The van der Waals surface area contributed by atoms with Crippen LogP contribution in [-0.4, -0.2) is 48.9 Å². The van der Waals surface area contributed by atoms with Crippen molar-refractivity contribution < 1.29 is 9.53 Å². The van der Waals surface area contributed by atoms with E-state index < -0.39 is 5.60 Å². The monoisotopic (exact) mass is 430 g/mol. The highest BCUT2D eigenvalue weighted by atomic mass is 127. The first-order valence-corrected chi connectivity index (χ1v) is 8.46. The molecule has 0 aliphatic carbocycles. The number of rotatable bonds is 2. The largest absolute Gasteiger partial charge is 0.444 e. The van der Waals surface area contributed by atoms with Crippen LogP contribution in [0.4, 0.5) is 10.6 Å². The number of likely N-dealkylation sites (tertiary alicyclic amines) is 1. The van der Waals surface area contributed by atoms with Gasteiger partial charge in [-0.05, 0) is 49.8 Å². The lowest BCUT2D eigenvalue weighted by Crippen LogP contribution is -2.54. The van der Waals surface area contributed by atoms with Crippen LogP contribution in [0.2, 0.25) is 0 Å². The maximum atomic E-state index is 12.2. The highest BCUT2D eigenvalue weighted by Gasteiger charge is 2.36. The lowest BCUT2D eigenvalue weighted by Gasteiger charge is -2.41. The number of hydrogen-bond donors (Lipinski definition) is 1. The molecule has 1 saturated heterocycles. The number of carbonyl (C=O) groups excluding carboxylic acids is 1. The molecule has 1 amide bonds. The van der Waals surface area contributed by atoms with E-state index in [1.807, 2.05) is 20.8 Å². The van der Waals surface area contributed by atoms with Gasteiger partial charge in [-0.2, -0.15) is 5.10 Å². The molecule has 0 saturated carbocycles. The van der Waals surface area contributed by atoms with Gasteiger partial charge in [0.25, 0.3) is 0 Å². The third kappa shape index (κ3) is 3.19. The minimum absolute atomic E-state index is 0.0555. The molecule has 0 radical (unpaired) electrons. The van der Waals surface area contributed by atoms with Gasteiger partial charge in [-0.3, -0.25) is 0 Å². The molecular weight excluding hydrogens is 411 g/mol. The highest BCUT2D eigenvalue weighted by molar-refractivity contribution is 14.1. The zero-order chi connectivity index (χ0) is 16.8. The fourth-order valence-electron chi connectivity index (χ4n) is 2.50. The summed E-state index contributed by atoms with van der Waals surface area (Å²) in [5.74, 6) is 0.420. The number of ether oxygens (including phenoxy) is 1. The third-order valence-electron chi connectivity index (χ3n) is 3.67. The van der Waals surface area contributed by atoms with Crippen LogP contribution in [0.1, 0.15) is 27.2 Å². The third-order valence-corrected chi connectivity index (χ3v) is 4.43. The molecule has 124 valence electrons. The Morgan fingerprint density at radius 3 is 2.83 bits per heavy atom. The van der Waals surface area contributed by atoms with Crippen molar-refractivity contribution in [3.63, 3.8) is 0 Å². The van der Waals surface area contributed by atoms with Crippen molar-refractivity contribution in [1.29, 1.82) is 0 Å². The van der Waals surface area contributed by atoms with Crippen LogP contribution >= 0.6 is 22.6 Å². The van der Waals surface area contributed by atoms with E-state index in [0.717, 1.165) is 15.5 Å². The zero-order valence-electron chi connectivity index (χ0n) is 13.3. The summed E-state index contributed by atoms with van der Waals surface area (Å²) in [7, 11) is 0. The van der Waals surface area contributed by atoms with E-state index in [1.165, 1.54) is 6.33 Å². The van der Waals surface area contributed by atoms with Gasteiger partial charge < -0.3 is 15.4 Å². The van der Waals surface area contributed by atoms with Crippen molar-refractivity contribution in [2.75, 3.05) is 12.3 Å². The standard InChI is InChI=1S/C14H19IN6O2/c1-14(2,3)23-13(22)20-5-4-8(20)6-21-12-9(10(15)19-21)11(16)17-7-18-12/h7-8H,4-6H2,1-3H3,(H2,16,17,18). The fraction of sp³-hybridized carbons (Fsp3) is 0.571. The number of carbonyl (C=O) groups is 1. The summed E-state index contributed by atoms with van der Waals surface area (Å²) in [6.45, 7) is 6.86. The van der Waals surface area contributed by atoms with Crippen LogP contribution in [0.15, 0.2) is 6.33 Å². The number of halogens is 1. The molecule has 3 heterocycles. The molecule has 9 heteroatoms. The Hall–Kier alpha value is -1.65. The number of nitrogen functional groups attached to an aromatic ring is 1. The van der Waals surface area contributed by atoms with E-state index in [4.69, 9.17) is 10.5 Å². The first kappa shape index (κ1) is 16.2. The maximum Gasteiger partial charge on any atom is 0.410 e. The van der Waals surface area contributed by atoms with Gasteiger partial charge in [0.2, 0.25) is 0 Å². The molecular formula is C14H19IN6O2. The van der Waals surface area contributed by atoms with E-state index in [1.54, 1.807) is 9.58 Å². The average molecular weight is 430 g/mol. The zero-order valence-corrected chi connectivity index (χ0v) is 15.4. The molecule has 23 heavy (non-hydrogen) atoms. The van der Waals surface area contributed by atoms with Crippen molar-refractivity contribution in [1.82, 2.24) is 24.6 Å². The molecule has 8 nitrogen and oxygen atoms in total. The van der Waals surface area contributed by atoms with Gasteiger partial charge in [-0.25, -0.2) is 19.4 Å². The second kappa shape index (κ2) is 5.77. The van der Waals surface area contributed by atoms with Crippen molar-refractivity contribution in [3.8, 4) is 0 Å².